The van der Waals surface area contributed by atoms with Gasteiger partial charge in [-0.3, -0.25) is 4.79 Å². The smallest absolute Gasteiger partial charge is 0.449 e. The fourth-order valence-electron chi connectivity index (χ4n) is 4.35. The number of ketones is 1. The number of carbonyl (C=O) groups excluding carboxylic acids is 1. The quantitative estimate of drug-likeness (QED) is 0.431. The van der Waals surface area contributed by atoms with Gasteiger partial charge < -0.3 is 9.84 Å². The van der Waals surface area contributed by atoms with Crippen LogP contribution in [0.15, 0.2) is 48.4 Å². The van der Waals surface area contributed by atoms with Crippen molar-refractivity contribution in [2.24, 2.45) is 5.84 Å². The number of benzene rings is 2. The molecular formula is C22H22ClN2O4+. The molecular weight excluding hydrogens is 392 g/mol. The van der Waals surface area contributed by atoms with Crippen LogP contribution in [0.5, 0.6) is 0 Å². The average Bonchev–Trinajstić information content (AvgIpc) is 2.71. The van der Waals surface area contributed by atoms with Gasteiger partial charge in [-0.1, -0.05) is 35.9 Å². The van der Waals surface area contributed by atoms with Crippen molar-refractivity contribution in [2.75, 3.05) is 6.54 Å². The van der Waals surface area contributed by atoms with Gasteiger partial charge in [-0.15, -0.1) is 0 Å². The summed E-state index contributed by atoms with van der Waals surface area (Å²) in [5.74, 6) is 5.73. The van der Waals surface area contributed by atoms with E-state index in [0.29, 0.717) is 22.8 Å². The number of carbonyl (C=O) groups is 2. The van der Waals surface area contributed by atoms with E-state index in [9.17, 15) is 9.59 Å². The van der Waals surface area contributed by atoms with Crippen LogP contribution in [0.3, 0.4) is 0 Å². The summed E-state index contributed by atoms with van der Waals surface area (Å²) in [6, 6.07) is 11.8. The predicted octanol–water partition coefficient (Wildman–Crippen LogP) is 4.74. The zero-order valence-corrected chi connectivity index (χ0v) is 16.8. The van der Waals surface area contributed by atoms with Crippen LogP contribution in [0.1, 0.15) is 52.7 Å². The Kier molecular flexibility index (Phi) is 4.94. The van der Waals surface area contributed by atoms with E-state index in [0.717, 1.165) is 24.8 Å². The summed E-state index contributed by atoms with van der Waals surface area (Å²) in [5, 5.41) is 9.55. The minimum absolute atomic E-state index is 0.0709. The second-order valence-corrected chi connectivity index (χ2v) is 7.88. The third-order valence-electron chi connectivity index (χ3n) is 5.84. The summed E-state index contributed by atoms with van der Waals surface area (Å²) in [4.78, 5) is 24.0. The molecule has 0 radical (unpaired) electrons. The molecule has 0 aromatic heterocycles. The van der Waals surface area contributed by atoms with Gasteiger partial charge in [0.15, 0.2) is 11.9 Å². The van der Waals surface area contributed by atoms with Gasteiger partial charge in [0.1, 0.15) is 6.54 Å². The summed E-state index contributed by atoms with van der Waals surface area (Å²) < 4.78 is 4.47. The number of halogens is 1. The summed E-state index contributed by atoms with van der Waals surface area (Å²) in [5.41, 5.74) is 4.22. The lowest BCUT2D eigenvalue weighted by molar-refractivity contribution is 0.0843. The third kappa shape index (κ3) is 3.33. The molecule has 2 unspecified atom stereocenters. The molecule has 7 heteroatoms. The van der Waals surface area contributed by atoms with E-state index in [1.807, 2.05) is 19.1 Å². The zero-order chi connectivity index (χ0) is 20.8. The monoisotopic (exact) mass is 413 g/mol. The van der Waals surface area contributed by atoms with Crippen LogP contribution in [0.25, 0.3) is 0 Å². The fraction of sp³-hybridized carbons (Fsp3) is 0.273. The lowest BCUT2D eigenvalue weighted by atomic mass is 9.78. The Labute approximate surface area is 173 Å². The van der Waals surface area contributed by atoms with Gasteiger partial charge in [0.05, 0.1) is 10.6 Å². The molecule has 6 nitrogen and oxygen atoms in total. The minimum atomic E-state index is -1.55. The molecule has 150 valence electrons. The number of rotatable bonds is 3. The average molecular weight is 414 g/mol. The maximum Gasteiger partial charge on any atom is 0.511 e. The number of hydrogen-bond donors (Lipinski definition) is 2. The topological polar surface area (TPSA) is 89.6 Å². The minimum Gasteiger partial charge on any atom is -0.449 e. The maximum atomic E-state index is 13.0. The van der Waals surface area contributed by atoms with Crippen LogP contribution >= 0.6 is 11.6 Å². The van der Waals surface area contributed by atoms with Gasteiger partial charge in [-0.2, -0.15) is 10.4 Å². The Morgan fingerprint density at radius 1 is 1.31 bits per heavy atom. The number of nitrogens with two attached hydrogens (primary N) is 1. The zero-order valence-electron chi connectivity index (χ0n) is 16.0. The number of fused-ring (bicyclic) bond motifs is 2. The summed E-state index contributed by atoms with van der Waals surface area (Å²) in [6.07, 6.45) is 2.75. The summed E-state index contributed by atoms with van der Waals surface area (Å²) in [6.45, 7) is 2.24. The lowest BCUT2D eigenvalue weighted by Crippen LogP contribution is -2.54. The van der Waals surface area contributed by atoms with E-state index in [-0.39, 0.29) is 16.3 Å². The molecule has 0 spiro atoms. The van der Waals surface area contributed by atoms with E-state index in [2.05, 4.69) is 12.1 Å². The van der Waals surface area contributed by atoms with Gasteiger partial charge in [0.2, 0.25) is 11.5 Å². The van der Waals surface area contributed by atoms with E-state index in [4.69, 9.17) is 27.3 Å². The van der Waals surface area contributed by atoms with Crippen molar-refractivity contribution in [3.05, 3.63) is 75.6 Å². The summed E-state index contributed by atoms with van der Waals surface area (Å²) in [7, 11) is 0. The first kappa shape index (κ1) is 19.6. The number of allylic oxidation sites excluding steroid dienone is 1. The maximum absolute atomic E-state index is 13.0. The molecule has 2 aromatic rings. The van der Waals surface area contributed by atoms with Crippen LogP contribution in [0.2, 0.25) is 5.02 Å². The van der Waals surface area contributed by atoms with Gasteiger partial charge in [-0.25, -0.2) is 4.79 Å². The molecule has 2 aliphatic rings. The summed E-state index contributed by atoms with van der Waals surface area (Å²) >= 11 is 6.69. The first-order chi connectivity index (χ1) is 13.8. The Hall–Kier alpha value is -2.67. The van der Waals surface area contributed by atoms with Gasteiger partial charge in [0, 0.05) is 12.0 Å². The number of ether oxygens (including phenoxy) is 1. The van der Waals surface area contributed by atoms with Gasteiger partial charge in [-0.05, 0) is 48.9 Å². The number of nitrogens with zero attached hydrogens (tertiary/aromatic N) is 1. The molecule has 0 amide bonds. The van der Waals surface area contributed by atoms with E-state index >= 15 is 0 Å². The molecule has 29 heavy (non-hydrogen) atoms. The van der Waals surface area contributed by atoms with Crippen molar-refractivity contribution in [2.45, 2.75) is 32.1 Å². The molecule has 4 rings (SSSR count). The second-order valence-electron chi connectivity index (χ2n) is 7.47. The van der Waals surface area contributed by atoms with E-state index in [1.54, 1.807) is 12.1 Å². The fourth-order valence-corrected chi connectivity index (χ4v) is 4.64. The number of aryl methyl sites for hydroxylation is 1. The molecule has 2 atom stereocenters. The van der Waals surface area contributed by atoms with Gasteiger partial charge >= 0.3 is 6.16 Å². The van der Waals surface area contributed by atoms with Gasteiger partial charge in [0.25, 0.3) is 0 Å². The van der Waals surface area contributed by atoms with Crippen LogP contribution in [0, 0.1) is 0 Å². The van der Waals surface area contributed by atoms with E-state index < -0.39 is 11.9 Å². The predicted molar refractivity (Wildman–Crippen MR) is 111 cm³/mol. The highest BCUT2D eigenvalue weighted by Crippen LogP contribution is 2.44. The Balaban J connectivity index is 1.86. The normalized spacial score (nSPS) is 23.1. The van der Waals surface area contributed by atoms with Crippen molar-refractivity contribution < 1.29 is 19.4 Å². The van der Waals surface area contributed by atoms with Crippen LogP contribution in [-0.4, -0.2) is 23.6 Å². The highest BCUT2D eigenvalue weighted by Gasteiger charge is 2.40. The van der Waals surface area contributed by atoms with Crippen LogP contribution < -0.4 is 10.4 Å². The van der Waals surface area contributed by atoms with Crippen molar-refractivity contribution in [3.63, 3.8) is 0 Å². The Morgan fingerprint density at radius 2 is 2.07 bits per heavy atom. The first-order valence-electron chi connectivity index (χ1n) is 9.60. The molecule has 0 saturated carbocycles. The molecule has 2 aromatic carbocycles. The van der Waals surface area contributed by atoms with Crippen molar-refractivity contribution >= 4 is 29.2 Å². The number of quaternary nitrogens is 1. The molecule has 0 saturated heterocycles. The van der Waals surface area contributed by atoms with Crippen LogP contribution in [-0.2, 0) is 11.2 Å². The number of Topliss-reactive ketones (excluding diaryl/α,β-unsaturated/α-hetero) is 1. The molecule has 0 fully saturated rings. The van der Waals surface area contributed by atoms with Crippen LogP contribution in [0.4, 0.5) is 10.5 Å². The molecule has 0 bridgehead atoms. The van der Waals surface area contributed by atoms with E-state index in [1.165, 1.54) is 17.3 Å². The van der Waals surface area contributed by atoms with Crippen molar-refractivity contribution in [1.82, 2.24) is 4.59 Å². The largest absolute Gasteiger partial charge is 0.511 e. The number of hydrogen-bond acceptors (Lipinski definition) is 4. The lowest BCUT2D eigenvalue weighted by Gasteiger charge is -2.33. The molecule has 1 aliphatic heterocycles. The van der Waals surface area contributed by atoms with Crippen molar-refractivity contribution in [3.8, 4) is 0 Å². The van der Waals surface area contributed by atoms with Crippen molar-refractivity contribution in [1.29, 1.82) is 0 Å². The highest BCUT2D eigenvalue weighted by molar-refractivity contribution is 6.32. The standard InChI is InChI=1S/C22H21ClN2O4/c1-2-25(24)12-20(29-22(27)28)21(26)17-10-16(18(23)11-19(17)25)15-9-5-7-13-6-3-4-8-14(13)15/h3-4,6,8,10-12,15H,2,5,7,9,24H2,1H3/p+1. The molecule has 3 N–H and O–H groups in total. The third-order valence-corrected chi connectivity index (χ3v) is 6.17. The molecule has 1 heterocycles. The highest BCUT2D eigenvalue weighted by atomic mass is 35.5. The molecule has 1 aliphatic carbocycles. The first-order valence-corrected chi connectivity index (χ1v) is 9.98. The SMILES string of the molecule is CC[N+]1(N)C=C(OC(=O)O)C(=O)c2cc(C3CCCc4ccccc43)c(Cl)cc21. The number of carboxylic acid groups (broad SMARTS) is 1. The second kappa shape index (κ2) is 7.30. The Bertz CT molecular complexity index is 1050. The Morgan fingerprint density at radius 3 is 2.79 bits per heavy atom.